The van der Waals surface area contributed by atoms with Gasteiger partial charge < -0.3 is 15.8 Å². The van der Waals surface area contributed by atoms with Crippen LogP contribution >= 0.6 is 0 Å². The number of hydrogen-bond donors (Lipinski definition) is 2. The molecule has 2 aromatic rings. The SMILES string of the molecule is CCC(C)(C)c1ccc2c(c1)Nc1nc(=O)n([C@H]3CC[C@H](N)CC3)cc1O2. The smallest absolute Gasteiger partial charge is 0.350 e. The van der Waals surface area contributed by atoms with Crippen LogP contribution in [0.5, 0.6) is 11.5 Å². The molecule has 0 spiro atoms. The number of fused-ring (bicyclic) bond motifs is 2. The molecule has 2 aliphatic rings. The average molecular weight is 368 g/mol. The summed E-state index contributed by atoms with van der Waals surface area (Å²) in [6.45, 7) is 6.62. The van der Waals surface area contributed by atoms with Crippen LogP contribution in [0, 0.1) is 0 Å². The molecule has 3 N–H and O–H groups in total. The minimum atomic E-state index is -0.237. The predicted molar refractivity (Wildman–Crippen MR) is 107 cm³/mol. The lowest BCUT2D eigenvalue weighted by atomic mass is 9.82. The molecule has 4 rings (SSSR count). The van der Waals surface area contributed by atoms with Crippen molar-refractivity contribution in [1.29, 1.82) is 0 Å². The van der Waals surface area contributed by atoms with E-state index in [0.29, 0.717) is 11.6 Å². The zero-order valence-corrected chi connectivity index (χ0v) is 16.3. The summed E-state index contributed by atoms with van der Waals surface area (Å²) in [5.74, 6) is 1.85. The van der Waals surface area contributed by atoms with Crippen LogP contribution in [-0.2, 0) is 5.41 Å². The Balaban J connectivity index is 1.64. The molecular weight excluding hydrogens is 340 g/mol. The van der Waals surface area contributed by atoms with Crippen molar-refractivity contribution in [2.24, 2.45) is 5.73 Å². The van der Waals surface area contributed by atoms with Gasteiger partial charge in [0.15, 0.2) is 17.3 Å². The van der Waals surface area contributed by atoms with Gasteiger partial charge in [-0.15, -0.1) is 0 Å². The summed E-state index contributed by atoms with van der Waals surface area (Å²) < 4.78 is 7.79. The van der Waals surface area contributed by atoms with Crippen molar-refractivity contribution in [3.63, 3.8) is 0 Å². The summed E-state index contributed by atoms with van der Waals surface area (Å²) in [7, 11) is 0. The topological polar surface area (TPSA) is 82.2 Å². The molecule has 0 atom stereocenters. The van der Waals surface area contributed by atoms with Crippen molar-refractivity contribution in [3.05, 3.63) is 40.4 Å². The van der Waals surface area contributed by atoms with Crippen LogP contribution in [0.2, 0.25) is 0 Å². The number of rotatable bonds is 3. The van der Waals surface area contributed by atoms with Crippen LogP contribution in [0.25, 0.3) is 0 Å². The molecule has 0 bridgehead atoms. The van der Waals surface area contributed by atoms with Crippen LogP contribution < -0.4 is 21.5 Å². The fourth-order valence-corrected chi connectivity index (χ4v) is 3.84. The van der Waals surface area contributed by atoms with Gasteiger partial charge in [-0.3, -0.25) is 4.57 Å². The van der Waals surface area contributed by atoms with E-state index >= 15 is 0 Å². The summed E-state index contributed by atoms with van der Waals surface area (Å²) in [5.41, 5.74) is 7.92. The van der Waals surface area contributed by atoms with Gasteiger partial charge in [0.05, 0.1) is 11.9 Å². The Hall–Kier alpha value is -2.34. The molecule has 27 heavy (non-hydrogen) atoms. The lowest BCUT2D eigenvalue weighted by Gasteiger charge is -2.29. The number of nitrogens with one attached hydrogen (secondary N) is 1. The maximum Gasteiger partial charge on any atom is 0.350 e. The minimum absolute atomic E-state index is 0.0790. The molecule has 1 saturated carbocycles. The maximum atomic E-state index is 12.6. The number of ether oxygens (including phenoxy) is 1. The molecule has 6 nitrogen and oxygen atoms in total. The van der Waals surface area contributed by atoms with Gasteiger partial charge in [-0.1, -0.05) is 26.8 Å². The first-order valence-electron chi connectivity index (χ1n) is 9.85. The molecule has 0 unspecified atom stereocenters. The third-order valence-corrected chi connectivity index (χ3v) is 6.17. The number of hydrogen-bond acceptors (Lipinski definition) is 5. The Morgan fingerprint density at radius 2 is 2.00 bits per heavy atom. The quantitative estimate of drug-likeness (QED) is 0.723. The normalized spacial score (nSPS) is 21.6. The van der Waals surface area contributed by atoms with Crippen molar-refractivity contribution < 1.29 is 4.74 Å². The fourth-order valence-electron chi connectivity index (χ4n) is 3.84. The molecule has 1 aliphatic carbocycles. The van der Waals surface area contributed by atoms with Gasteiger partial charge in [0.2, 0.25) is 0 Å². The molecule has 0 saturated heterocycles. The molecule has 0 radical (unpaired) electrons. The van der Waals surface area contributed by atoms with Gasteiger partial charge in [-0.25, -0.2) is 4.79 Å². The third kappa shape index (κ3) is 3.34. The molecule has 6 heteroatoms. The van der Waals surface area contributed by atoms with E-state index in [9.17, 15) is 4.79 Å². The lowest BCUT2D eigenvalue weighted by molar-refractivity contribution is 0.311. The van der Waals surface area contributed by atoms with Gasteiger partial charge in [-0.05, 0) is 55.2 Å². The van der Waals surface area contributed by atoms with E-state index in [0.717, 1.165) is 43.5 Å². The summed E-state index contributed by atoms with van der Waals surface area (Å²) >= 11 is 0. The van der Waals surface area contributed by atoms with Crippen molar-refractivity contribution in [2.45, 2.75) is 70.4 Å². The molecule has 2 heterocycles. The number of anilines is 2. The minimum Gasteiger partial charge on any atom is -0.450 e. The number of aromatic nitrogens is 2. The van der Waals surface area contributed by atoms with E-state index in [4.69, 9.17) is 10.5 Å². The third-order valence-electron chi connectivity index (χ3n) is 6.17. The van der Waals surface area contributed by atoms with Crippen molar-refractivity contribution >= 4 is 11.5 Å². The van der Waals surface area contributed by atoms with Gasteiger partial charge >= 0.3 is 5.69 Å². The fraction of sp³-hybridized carbons (Fsp3) is 0.524. The molecule has 1 fully saturated rings. The van der Waals surface area contributed by atoms with Crippen LogP contribution in [0.4, 0.5) is 11.5 Å². The lowest BCUT2D eigenvalue weighted by Crippen LogP contribution is -2.33. The van der Waals surface area contributed by atoms with Crippen LogP contribution in [0.1, 0.15) is 64.5 Å². The Morgan fingerprint density at radius 3 is 2.70 bits per heavy atom. The largest absolute Gasteiger partial charge is 0.450 e. The summed E-state index contributed by atoms with van der Waals surface area (Å²) in [4.78, 5) is 16.8. The first kappa shape index (κ1) is 18.0. The van der Waals surface area contributed by atoms with E-state index in [1.807, 2.05) is 6.07 Å². The maximum absolute atomic E-state index is 12.6. The van der Waals surface area contributed by atoms with Gasteiger partial charge in [-0.2, -0.15) is 4.98 Å². The van der Waals surface area contributed by atoms with E-state index in [2.05, 4.69) is 43.2 Å². The van der Waals surface area contributed by atoms with Crippen molar-refractivity contribution in [1.82, 2.24) is 9.55 Å². The standard InChI is InChI=1S/C21H28N4O2/c1-4-21(2,3)13-5-10-17-16(11-13)23-19-18(27-17)12-25(20(26)24-19)15-8-6-14(22)7-9-15/h5,10-12,14-15H,4,6-9,22H2,1-3H3,(H,23,24,26)/t14-,15-. The summed E-state index contributed by atoms with van der Waals surface area (Å²) in [6.07, 6.45) is 6.52. The Bertz CT molecular complexity index is 911. The molecule has 144 valence electrons. The highest BCUT2D eigenvalue weighted by Crippen LogP contribution is 2.43. The Morgan fingerprint density at radius 1 is 1.26 bits per heavy atom. The molecule has 1 aromatic heterocycles. The van der Waals surface area contributed by atoms with E-state index in [1.165, 1.54) is 5.56 Å². The zero-order valence-electron chi connectivity index (χ0n) is 16.3. The number of benzene rings is 1. The van der Waals surface area contributed by atoms with Gasteiger partial charge in [0.25, 0.3) is 0 Å². The highest BCUT2D eigenvalue weighted by atomic mass is 16.5. The Labute approximate surface area is 159 Å². The second-order valence-corrected chi connectivity index (χ2v) is 8.39. The first-order chi connectivity index (χ1) is 12.9. The van der Waals surface area contributed by atoms with Crippen LogP contribution in [-0.4, -0.2) is 15.6 Å². The summed E-state index contributed by atoms with van der Waals surface area (Å²) in [6, 6.07) is 6.59. The molecular formula is C21H28N4O2. The van der Waals surface area contributed by atoms with Gasteiger partial charge in [0, 0.05) is 12.1 Å². The van der Waals surface area contributed by atoms with Crippen LogP contribution in [0.15, 0.2) is 29.2 Å². The van der Waals surface area contributed by atoms with Crippen LogP contribution in [0.3, 0.4) is 0 Å². The highest BCUT2D eigenvalue weighted by Gasteiger charge is 2.26. The highest BCUT2D eigenvalue weighted by molar-refractivity contribution is 5.73. The molecule has 0 amide bonds. The van der Waals surface area contributed by atoms with E-state index in [-0.39, 0.29) is 23.2 Å². The monoisotopic (exact) mass is 368 g/mol. The number of nitrogens with two attached hydrogens (primary N) is 1. The molecule has 1 aromatic carbocycles. The van der Waals surface area contributed by atoms with Crippen molar-refractivity contribution in [3.8, 4) is 11.5 Å². The second kappa shape index (κ2) is 6.68. The molecule has 1 aliphatic heterocycles. The average Bonchev–Trinajstić information content (AvgIpc) is 2.66. The zero-order chi connectivity index (χ0) is 19.2. The van der Waals surface area contributed by atoms with E-state index < -0.39 is 0 Å². The first-order valence-corrected chi connectivity index (χ1v) is 9.85. The summed E-state index contributed by atoms with van der Waals surface area (Å²) in [5, 5.41) is 3.29. The van der Waals surface area contributed by atoms with E-state index in [1.54, 1.807) is 10.8 Å². The number of nitrogens with zero attached hydrogens (tertiary/aromatic N) is 2. The van der Waals surface area contributed by atoms with Gasteiger partial charge in [0.1, 0.15) is 0 Å². The van der Waals surface area contributed by atoms with Crippen molar-refractivity contribution in [2.75, 3.05) is 5.32 Å². The Kier molecular flexibility index (Phi) is 4.46. The second-order valence-electron chi connectivity index (χ2n) is 8.39. The predicted octanol–water partition coefficient (Wildman–Crippen LogP) is 4.22.